The first-order valence-corrected chi connectivity index (χ1v) is 8.21. The average Bonchev–Trinajstić information content (AvgIpc) is 2.63. The molecule has 27 heavy (non-hydrogen) atoms. The van der Waals surface area contributed by atoms with Gasteiger partial charge in [0.25, 0.3) is 11.8 Å². The lowest BCUT2D eigenvalue weighted by molar-refractivity contribution is -0.119. The Bertz CT molecular complexity index is 877. The number of hydrogen-bond acceptors (Lipinski definition) is 4. The van der Waals surface area contributed by atoms with Gasteiger partial charge in [-0.25, -0.2) is 8.78 Å². The minimum absolute atomic E-state index is 0.0280. The zero-order valence-corrected chi connectivity index (χ0v) is 15.3. The summed E-state index contributed by atoms with van der Waals surface area (Å²) in [6.45, 7) is 1.46. The molecule has 0 aliphatic carbocycles. The summed E-state index contributed by atoms with van der Waals surface area (Å²) < 4.78 is 37.0. The van der Waals surface area contributed by atoms with Gasteiger partial charge in [-0.05, 0) is 31.2 Å². The summed E-state index contributed by atoms with van der Waals surface area (Å²) in [5, 5.41) is 0.0280. The Hall–Kier alpha value is -2.87. The van der Waals surface area contributed by atoms with E-state index in [9.17, 15) is 18.4 Å². The van der Waals surface area contributed by atoms with Crippen molar-refractivity contribution >= 4 is 29.1 Å². The lowest BCUT2D eigenvalue weighted by Crippen LogP contribution is -2.30. The van der Waals surface area contributed by atoms with Gasteiger partial charge < -0.3 is 20.1 Å². The van der Waals surface area contributed by atoms with Gasteiger partial charge in [0.05, 0.1) is 12.1 Å². The number of methoxy groups -OCH3 is 1. The second-order valence-corrected chi connectivity index (χ2v) is 5.80. The predicted octanol–water partition coefficient (Wildman–Crippen LogP) is 3.16. The third-order valence-corrected chi connectivity index (χ3v) is 3.89. The molecule has 2 rings (SSSR count). The molecule has 9 heteroatoms. The SMILES string of the molecule is CCN(C(=O)c1cc(Cl)c(OCC(N)=O)c(OC)c1)c1ccc(F)c(F)c1. The number of halogens is 3. The van der Waals surface area contributed by atoms with Crippen LogP contribution in [0.15, 0.2) is 30.3 Å². The van der Waals surface area contributed by atoms with Crippen molar-refractivity contribution in [2.75, 3.05) is 25.2 Å². The van der Waals surface area contributed by atoms with Gasteiger partial charge >= 0.3 is 0 Å². The van der Waals surface area contributed by atoms with Gasteiger partial charge in [0.2, 0.25) is 0 Å². The number of carbonyl (C=O) groups excluding carboxylic acids is 2. The van der Waals surface area contributed by atoms with E-state index in [1.54, 1.807) is 6.92 Å². The molecule has 0 aromatic heterocycles. The molecule has 0 spiro atoms. The standard InChI is InChI=1S/C18H17ClF2N2O4/c1-3-23(11-4-5-13(20)14(21)8-11)18(25)10-6-12(19)17(15(7-10)26-2)27-9-16(22)24/h4-8H,3,9H2,1-2H3,(H2,22,24). The number of hydrogen-bond donors (Lipinski definition) is 1. The molecular weight excluding hydrogens is 382 g/mol. The number of amides is 2. The second-order valence-electron chi connectivity index (χ2n) is 5.39. The Morgan fingerprint density at radius 3 is 2.44 bits per heavy atom. The summed E-state index contributed by atoms with van der Waals surface area (Å²) in [5.41, 5.74) is 5.36. The maximum atomic E-state index is 13.5. The third kappa shape index (κ3) is 4.65. The summed E-state index contributed by atoms with van der Waals surface area (Å²) in [6, 6.07) is 5.86. The maximum absolute atomic E-state index is 13.5. The van der Waals surface area contributed by atoms with E-state index >= 15 is 0 Å². The third-order valence-electron chi connectivity index (χ3n) is 3.61. The molecule has 0 saturated heterocycles. The first-order valence-electron chi connectivity index (χ1n) is 7.84. The Morgan fingerprint density at radius 2 is 1.89 bits per heavy atom. The Labute approximate surface area is 159 Å². The van der Waals surface area contributed by atoms with Crippen LogP contribution in [0.2, 0.25) is 5.02 Å². The van der Waals surface area contributed by atoms with Crippen molar-refractivity contribution in [3.05, 3.63) is 52.6 Å². The first-order chi connectivity index (χ1) is 12.8. The van der Waals surface area contributed by atoms with Crippen LogP contribution in [0.4, 0.5) is 14.5 Å². The summed E-state index contributed by atoms with van der Waals surface area (Å²) in [5.74, 6) is -3.11. The Kier molecular flexibility index (Phi) is 6.57. The van der Waals surface area contributed by atoms with Crippen LogP contribution < -0.4 is 20.1 Å². The first kappa shape index (κ1) is 20.4. The molecule has 2 aromatic carbocycles. The van der Waals surface area contributed by atoms with Crippen molar-refractivity contribution in [3.8, 4) is 11.5 Å². The molecule has 0 atom stereocenters. The fraction of sp³-hybridized carbons (Fsp3) is 0.222. The number of ether oxygens (including phenoxy) is 2. The van der Waals surface area contributed by atoms with E-state index in [0.29, 0.717) is 0 Å². The fourth-order valence-corrected chi connectivity index (χ4v) is 2.64. The monoisotopic (exact) mass is 398 g/mol. The lowest BCUT2D eigenvalue weighted by Gasteiger charge is -2.22. The number of nitrogens with two attached hydrogens (primary N) is 1. The van der Waals surface area contributed by atoms with Gasteiger partial charge in [-0.1, -0.05) is 11.6 Å². The lowest BCUT2D eigenvalue weighted by atomic mass is 10.1. The molecule has 2 N–H and O–H groups in total. The minimum Gasteiger partial charge on any atom is -0.493 e. The number of benzene rings is 2. The highest BCUT2D eigenvalue weighted by Gasteiger charge is 2.22. The molecule has 0 saturated carbocycles. The van der Waals surface area contributed by atoms with Crippen LogP contribution >= 0.6 is 11.6 Å². The van der Waals surface area contributed by atoms with E-state index in [0.717, 1.165) is 12.1 Å². The number of rotatable bonds is 7. The maximum Gasteiger partial charge on any atom is 0.258 e. The van der Waals surface area contributed by atoms with E-state index in [-0.39, 0.29) is 34.3 Å². The molecule has 0 bridgehead atoms. The van der Waals surface area contributed by atoms with Crippen LogP contribution in [0.5, 0.6) is 11.5 Å². The molecule has 0 fully saturated rings. The Morgan fingerprint density at radius 1 is 1.19 bits per heavy atom. The molecular formula is C18H17ClF2N2O4. The largest absolute Gasteiger partial charge is 0.493 e. The number of carbonyl (C=O) groups is 2. The van der Waals surface area contributed by atoms with Crippen LogP contribution in [0.3, 0.4) is 0 Å². The second kappa shape index (κ2) is 8.68. The van der Waals surface area contributed by atoms with Crippen LogP contribution in [0, 0.1) is 11.6 Å². The summed E-state index contributed by atoms with van der Waals surface area (Å²) in [6.07, 6.45) is 0. The van der Waals surface area contributed by atoms with Crippen LogP contribution in [-0.4, -0.2) is 32.1 Å². The van der Waals surface area contributed by atoms with Crippen molar-refractivity contribution < 1.29 is 27.8 Å². The average molecular weight is 399 g/mol. The van der Waals surface area contributed by atoms with Gasteiger partial charge in [-0.3, -0.25) is 9.59 Å². The predicted molar refractivity (Wildman–Crippen MR) is 96.4 cm³/mol. The molecule has 2 amide bonds. The molecule has 0 aliphatic rings. The summed E-state index contributed by atoms with van der Waals surface area (Å²) in [7, 11) is 1.34. The van der Waals surface area contributed by atoms with E-state index in [2.05, 4.69) is 0 Å². The van der Waals surface area contributed by atoms with Gasteiger partial charge in [0.1, 0.15) is 0 Å². The van der Waals surface area contributed by atoms with Gasteiger partial charge in [-0.2, -0.15) is 0 Å². The van der Waals surface area contributed by atoms with Crippen molar-refractivity contribution in [2.24, 2.45) is 5.73 Å². The smallest absolute Gasteiger partial charge is 0.258 e. The molecule has 0 unspecified atom stereocenters. The highest BCUT2D eigenvalue weighted by molar-refractivity contribution is 6.33. The van der Waals surface area contributed by atoms with E-state index in [4.69, 9.17) is 26.8 Å². The highest BCUT2D eigenvalue weighted by atomic mass is 35.5. The van der Waals surface area contributed by atoms with Crippen LogP contribution in [-0.2, 0) is 4.79 Å². The zero-order valence-electron chi connectivity index (χ0n) is 14.6. The normalized spacial score (nSPS) is 10.4. The molecule has 6 nitrogen and oxygen atoms in total. The quantitative estimate of drug-likeness (QED) is 0.776. The minimum atomic E-state index is -1.07. The van der Waals surface area contributed by atoms with E-state index in [1.165, 1.54) is 30.2 Å². The number of primary amides is 1. The summed E-state index contributed by atoms with van der Waals surface area (Å²) >= 11 is 6.14. The topological polar surface area (TPSA) is 81.9 Å². The van der Waals surface area contributed by atoms with Crippen molar-refractivity contribution in [1.82, 2.24) is 0 Å². The van der Waals surface area contributed by atoms with Crippen molar-refractivity contribution in [3.63, 3.8) is 0 Å². The van der Waals surface area contributed by atoms with Gasteiger partial charge in [-0.15, -0.1) is 0 Å². The molecule has 0 heterocycles. The molecule has 0 aliphatic heterocycles. The van der Waals surface area contributed by atoms with Gasteiger partial charge in [0.15, 0.2) is 29.7 Å². The molecule has 2 aromatic rings. The highest BCUT2D eigenvalue weighted by Crippen LogP contribution is 2.37. The summed E-state index contributed by atoms with van der Waals surface area (Å²) in [4.78, 5) is 25.0. The van der Waals surface area contributed by atoms with E-state index in [1.807, 2.05) is 0 Å². The molecule has 144 valence electrons. The number of nitrogens with zero attached hydrogens (tertiary/aromatic N) is 1. The van der Waals surface area contributed by atoms with Crippen LogP contribution in [0.1, 0.15) is 17.3 Å². The zero-order chi connectivity index (χ0) is 20.1. The van der Waals surface area contributed by atoms with Gasteiger partial charge in [0, 0.05) is 23.9 Å². The molecule has 0 radical (unpaired) electrons. The van der Waals surface area contributed by atoms with E-state index < -0.39 is 30.1 Å². The fourth-order valence-electron chi connectivity index (χ4n) is 2.38. The van der Waals surface area contributed by atoms with Crippen molar-refractivity contribution in [1.29, 1.82) is 0 Å². The van der Waals surface area contributed by atoms with Crippen molar-refractivity contribution in [2.45, 2.75) is 6.92 Å². The Balaban J connectivity index is 2.40. The number of anilines is 1. The van der Waals surface area contributed by atoms with Crippen LogP contribution in [0.25, 0.3) is 0 Å².